The molecule has 0 unspecified atom stereocenters. The molecular weight excluding hydrogens is 202 g/mol. The lowest BCUT2D eigenvalue weighted by Gasteiger charge is -2.11. The molecule has 0 saturated carbocycles. The lowest BCUT2D eigenvalue weighted by Crippen LogP contribution is -2.14. The fraction of sp³-hybridized carbons (Fsp3) is 0.462. The third-order valence-electron chi connectivity index (χ3n) is 2.93. The van der Waals surface area contributed by atoms with E-state index in [0.29, 0.717) is 5.56 Å². The minimum atomic E-state index is -0.218. The van der Waals surface area contributed by atoms with Gasteiger partial charge in [-0.15, -0.1) is 0 Å². The minimum absolute atomic E-state index is 0.0149. The SMILES string of the molecule is CC[C@H](C)OC(=O)c1ccc2c(c1)CCN2. The van der Waals surface area contributed by atoms with Crippen molar-refractivity contribution in [3.63, 3.8) is 0 Å². The van der Waals surface area contributed by atoms with Gasteiger partial charge in [0.15, 0.2) is 0 Å². The highest BCUT2D eigenvalue weighted by molar-refractivity contribution is 5.90. The summed E-state index contributed by atoms with van der Waals surface area (Å²) in [5, 5.41) is 3.27. The number of hydrogen-bond donors (Lipinski definition) is 1. The van der Waals surface area contributed by atoms with E-state index in [-0.39, 0.29) is 12.1 Å². The molecule has 0 spiro atoms. The molecule has 0 aliphatic carbocycles. The topological polar surface area (TPSA) is 38.3 Å². The highest BCUT2D eigenvalue weighted by Crippen LogP contribution is 2.23. The summed E-state index contributed by atoms with van der Waals surface area (Å²) in [7, 11) is 0. The average Bonchev–Trinajstić information content (AvgIpc) is 2.75. The maximum Gasteiger partial charge on any atom is 0.338 e. The van der Waals surface area contributed by atoms with E-state index in [1.807, 2.05) is 32.0 Å². The molecule has 0 fully saturated rings. The standard InChI is InChI=1S/C13H17NO2/c1-3-9(2)16-13(15)11-4-5-12-10(8-11)6-7-14-12/h4-5,8-9,14H,3,6-7H2,1-2H3/t9-/m0/s1. The van der Waals surface area contributed by atoms with Gasteiger partial charge in [-0.05, 0) is 43.5 Å². The van der Waals surface area contributed by atoms with Crippen LogP contribution in [0.5, 0.6) is 0 Å². The third kappa shape index (κ3) is 2.18. The van der Waals surface area contributed by atoms with E-state index in [1.54, 1.807) is 0 Å². The van der Waals surface area contributed by atoms with Crippen LogP contribution in [0, 0.1) is 0 Å². The van der Waals surface area contributed by atoms with Gasteiger partial charge in [0.05, 0.1) is 11.7 Å². The van der Waals surface area contributed by atoms with Gasteiger partial charge < -0.3 is 10.1 Å². The Labute approximate surface area is 95.8 Å². The normalized spacial score (nSPS) is 15.1. The Bertz CT molecular complexity index is 401. The molecule has 16 heavy (non-hydrogen) atoms. The second-order valence-electron chi connectivity index (χ2n) is 4.17. The van der Waals surface area contributed by atoms with Crippen LogP contribution in [0.4, 0.5) is 5.69 Å². The van der Waals surface area contributed by atoms with Crippen LogP contribution in [0.1, 0.15) is 36.2 Å². The number of anilines is 1. The van der Waals surface area contributed by atoms with Crippen LogP contribution in [0.2, 0.25) is 0 Å². The van der Waals surface area contributed by atoms with E-state index in [4.69, 9.17) is 4.74 Å². The fourth-order valence-corrected chi connectivity index (χ4v) is 1.77. The van der Waals surface area contributed by atoms with Gasteiger partial charge >= 0.3 is 5.97 Å². The van der Waals surface area contributed by atoms with Crippen LogP contribution < -0.4 is 5.32 Å². The van der Waals surface area contributed by atoms with Crippen molar-refractivity contribution in [3.8, 4) is 0 Å². The van der Waals surface area contributed by atoms with Crippen molar-refractivity contribution in [1.82, 2.24) is 0 Å². The maximum absolute atomic E-state index is 11.8. The Hall–Kier alpha value is -1.51. The van der Waals surface area contributed by atoms with Gasteiger partial charge in [0, 0.05) is 12.2 Å². The number of carbonyl (C=O) groups excluding carboxylic acids is 1. The molecule has 1 N–H and O–H groups in total. The molecule has 0 amide bonds. The van der Waals surface area contributed by atoms with Crippen molar-refractivity contribution in [3.05, 3.63) is 29.3 Å². The van der Waals surface area contributed by atoms with Crippen molar-refractivity contribution in [2.75, 3.05) is 11.9 Å². The summed E-state index contributed by atoms with van der Waals surface area (Å²) in [4.78, 5) is 11.8. The van der Waals surface area contributed by atoms with Crippen molar-refractivity contribution >= 4 is 11.7 Å². The average molecular weight is 219 g/mol. The first-order valence-electron chi connectivity index (χ1n) is 5.78. The number of carbonyl (C=O) groups is 1. The molecule has 1 heterocycles. The first-order valence-corrected chi connectivity index (χ1v) is 5.78. The van der Waals surface area contributed by atoms with E-state index >= 15 is 0 Å². The summed E-state index contributed by atoms with van der Waals surface area (Å²) < 4.78 is 5.29. The van der Waals surface area contributed by atoms with E-state index in [9.17, 15) is 4.79 Å². The summed E-state index contributed by atoms with van der Waals surface area (Å²) in [5.41, 5.74) is 3.00. The Kier molecular flexibility index (Phi) is 3.13. The molecule has 0 aromatic heterocycles. The fourth-order valence-electron chi connectivity index (χ4n) is 1.77. The number of hydrogen-bond acceptors (Lipinski definition) is 3. The summed E-state index contributed by atoms with van der Waals surface area (Å²) in [6, 6.07) is 5.71. The van der Waals surface area contributed by atoms with Gasteiger partial charge in [0.1, 0.15) is 0 Å². The summed E-state index contributed by atoms with van der Waals surface area (Å²) in [6.45, 7) is 4.87. The number of esters is 1. The molecule has 0 radical (unpaired) electrons. The van der Waals surface area contributed by atoms with Gasteiger partial charge in [0.25, 0.3) is 0 Å². The highest BCUT2D eigenvalue weighted by Gasteiger charge is 2.15. The monoisotopic (exact) mass is 219 g/mol. The molecule has 1 atom stereocenters. The van der Waals surface area contributed by atoms with Gasteiger partial charge in [-0.25, -0.2) is 4.79 Å². The van der Waals surface area contributed by atoms with Crippen LogP contribution in [-0.4, -0.2) is 18.6 Å². The molecule has 1 aliphatic heterocycles. The lowest BCUT2D eigenvalue weighted by molar-refractivity contribution is 0.0334. The lowest BCUT2D eigenvalue weighted by atomic mass is 10.1. The van der Waals surface area contributed by atoms with E-state index in [2.05, 4.69) is 5.32 Å². The molecule has 3 heteroatoms. The summed E-state index contributed by atoms with van der Waals surface area (Å²) >= 11 is 0. The van der Waals surface area contributed by atoms with Crippen LogP contribution >= 0.6 is 0 Å². The van der Waals surface area contributed by atoms with Crippen molar-refractivity contribution in [2.24, 2.45) is 0 Å². The first-order chi connectivity index (χ1) is 7.70. The van der Waals surface area contributed by atoms with Crippen LogP contribution in [0.3, 0.4) is 0 Å². The number of ether oxygens (including phenoxy) is 1. The number of rotatable bonds is 3. The molecular formula is C13H17NO2. The minimum Gasteiger partial charge on any atom is -0.459 e. The predicted molar refractivity (Wildman–Crippen MR) is 63.8 cm³/mol. The van der Waals surface area contributed by atoms with Gasteiger partial charge in [-0.2, -0.15) is 0 Å². The van der Waals surface area contributed by atoms with E-state index in [0.717, 1.165) is 25.1 Å². The van der Waals surface area contributed by atoms with Crippen molar-refractivity contribution in [1.29, 1.82) is 0 Å². The van der Waals surface area contributed by atoms with E-state index in [1.165, 1.54) is 5.56 Å². The van der Waals surface area contributed by atoms with Crippen LogP contribution in [0.25, 0.3) is 0 Å². The van der Waals surface area contributed by atoms with Crippen LogP contribution in [-0.2, 0) is 11.2 Å². The number of nitrogens with one attached hydrogen (secondary N) is 1. The van der Waals surface area contributed by atoms with Crippen LogP contribution in [0.15, 0.2) is 18.2 Å². The van der Waals surface area contributed by atoms with E-state index < -0.39 is 0 Å². The van der Waals surface area contributed by atoms with Gasteiger partial charge in [-0.1, -0.05) is 6.92 Å². The first kappa shape index (κ1) is 11.0. The maximum atomic E-state index is 11.8. The quantitative estimate of drug-likeness (QED) is 0.794. The predicted octanol–water partition coefficient (Wildman–Crippen LogP) is 2.61. The molecule has 0 bridgehead atoms. The third-order valence-corrected chi connectivity index (χ3v) is 2.93. The molecule has 0 saturated heterocycles. The molecule has 1 aromatic rings. The second-order valence-corrected chi connectivity index (χ2v) is 4.17. The highest BCUT2D eigenvalue weighted by atomic mass is 16.5. The molecule has 2 rings (SSSR count). The Morgan fingerprint density at radius 1 is 1.56 bits per heavy atom. The zero-order valence-electron chi connectivity index (χ0n) is 9.75. The molecule has 1 aliphatic rings. The smallest absolute Gasteiger partial charge is 0.338 e. The Balaban J connectivity index is 2.12. The van der Waals surface area contributed by atoms with Gasteiger partial charge in [-0.3, -0.25) is 0 Å². The number of benzene rings is 1. The summed E-state index contributed by atoms with van der Waals surface area (Å²) in [5.74, 6) is -0.218. The number of fused-ring (bicyclic) bond motifs is 1. The molecule has 86 valence electrons. The molecule has 3 nitrogen and oxygen atoms in total. The summed E-state index contributed by atoms with van der Waals surface area (Å²) in [6.07, 6.45) is 1.82. The second kappa shape index (κ2) is 4.56. The Morgan fingerprint density at radius 3 is 3.12 bits per heavy atom. The zero-order chi connectivity index (χ0) is 11.5. The van der Waals surface area contributed by atoms with Crippen molar-refractivity contribution in [2.45, 2.75) is 32.8 Å². The van der Waals surface area contributed by atoms with Gasteiger partial charge in [0.2, 0.25) is 0 Å². The Morgan fingerprint density at radius 2 is 2.38 bits per heavy atom. The molecule has 1 aromatic carbocycles. The largest absolute Gasteiger partial charge is 0.459 e. The van der Waals surface area contributed by atoms with Crippen molar-refractivity contribution < 1.29 is 9.53 Å². The zero-order valence-corrected chi connectivity index (χ0v) is 9.75.